The van der Waals surface area contributed by atoms with Gasteiger partial charge >= 0.3 is 23.9 Å². The molecule has 3 saturated carbocycles. The van der Waals surface area contributed by atoms with Crippen LogP contribution in [0.3, 0.4) is 0 Å². The van der Waals surface area contributed by atoms with Crippen LogP contribution in [0.5, 0.6) is 0 Å². The van der Waals surface area contributed by atoms with Gasteiger partial charge in [0.1, 0.15) is 18.1 Å². The lowest BCUT2D eigenvalue weighted by molar-refractivity contribution is -0.237. The molecule has 58 heavy (non-hydrogen) atoms. The highest BCUT2D eigenvalue weighted by molar-refractivity contribution is 7.99. The largest absolute Gasteiger partial charge is 0.463 e. The van der Waals surface area contributed by atoms with Gasteiger partial charge in [0.25, 0.3) is 0 Å². The van der Waals surface area contributed by atoms with Gasteiger partial charge in [0.2, 0.25) is 0 Å². The molecule has 5 aliphatic rings. The number of carbonyl (C=O) groups is 4. The van der Waals surface area contributed by atoms with E-state index in [0.717, 1.165) is 80.6 Å². The molecule has 11 heteroatoms. The molecule has 5 rings (SSSR count). The maximum Gasteiger partial charge on any atom is 0.303 e. The summed E-state index contributed by atoms with van der Waals surface area (Å²) >= 11 is 1.44. The number of ether oxygens (including phenoxy) is 6. The molecule has 0 N–H and O–H groups in total. The van der Waals surface area contributed by atoms with Crippen molar-refractivity contribution >= 4 is 35.6 Å². The molecule has 4 fully saturated rings. The van der Waals surface area contributed by atoms with E-state index < -0.39 is 53.7 Å². The molecule has 1 saturated heterocycles. The Morgan fingerprint density at radius 2 is 1.47 bits per heavy atom. The van der Waals surface area contributed by atoms with Gasteiger partial charge in [-0.05, 0) is 116 Å². The highest BCUT2D eigenvalue weighted by Gasteiger charge is 2.59. The van der Waals surface area contributed by atoms with Crippen LogP contribution in [0.1, 0.15) is 159 Å². The first-order chi connectivity index (χ1) is 27.5. The number of thioether (sulfide) groups is 1. The van der Waals surface area contributed by atoms with E-state index in [-0.39, 0.29) is 6.61 Å². The summed E-state index contributed by atoms with van der Waals surface area (Å²) in [5.41, 5.74) is 1.81. The molecule has 0 aromatic heterocycles. The highest BCUT2D eigenvalue weighted by atomic mass is 32.2. The van der Waals surface area contributed by atoms with Gasteiger partial charge in [-0.3, -0.25) is 19.2 Å². The molecule has 330 valence electrons. The van der Waals surface area contributed by atoms with Gasteiger partial charge < -0.3 is 28.4 Å². The molecule has 3 unspecified atom stereocenters. The SMILES string of the molecule is CC(=O)OC[C@H]1O[C@@H](SCCCCCCO[C@H]2CC[C@@]3(C)C(=CCC4C3CC[C@@]3(C)C4CC[C@@H]3[C@H](C)CCCC(C)C)C2)[C@H](OC(C)=O)[C@@H](OC(C)=O)[C@@H]1OC(C)=O. The first kappa shape index (κ1) is 46.9. The Bertz CT molecular complexity index is 1430. The average Bonchev–Trinajstić information content (AvgIpc) is 3.50. The number of rotatable bonds is 19. The normalized spacial score (nSPS) is 36.1. The Balaban J connectivity index is 1.06. The Hall–Kier alpha value is -2.11. The molecule has 13 atom stereocenters. The van der Waals surface area contributed by atoms with Crippen molar-refractivity contribution in [3.63, 3.8) is 0 Å². The van der Waals surface area contributed by atoms with E-state index in [2.05, 4.69) is 40.7 Å². The molecule has 0 amide bonds. The lowest BCUT2D eigenvalue weighted by Crippen LogP contribution is -2.61. The number of allylic oxidation sites excluding steroid dienone is 1. The summed E-state index contributed by atoms with van der Waals surface area (Å²) in [4.78, 5) is 47.9. The summed E-state index contributed by atoms with van der Waals surface area (Å²) in [6.45, 7) is 18.1. The fraction of sp³-hybridized carbons (Fsp3) is 0.872. The van der Waals surface area contributed by atoms with Crippen LogP contribution in [0, 0.1) is 46.3 Å². The monoisotopic (exact) mass is 833 g/mol. The van der Waals surface area contributed by atoms with Crippen LogP contribution < -0.4 is 0 Å². The smallest absolute Gasteiger partial charge is 0.303 e. The first-order valence-corrected chi connectivity index (χ1v) is 23.8. The molecule has 1 heterocycles. The van der Waals surface area contributed by atoms with E-state index in [4.69, 9.17) is 28.4 Å². The highest BCUT2D eigenvalue weighted by Crippen LogP contribution is 2.67. The maximum absolute atomic E-state index is 12.1. The number of hydrogen-bond acceptors (Lipinski definition) is 11. The summed E-state index contributed by atoms with van der Waals surface area (Å²) < 4.78 is 34.6. The number of fused-ring (bicyclic) bond motifs is 5. The van der Waals surface area contributed by atoms with Crippen molar-refractivity contribution in [3.05, 3.63) is 11.6 Å². The first-order valence-electron chi connectivity index (χ1n) is 22.8. The van der Waals surface area contributed by atoms with Crippen molar-refractivity contribution in [2.75, 3.05) is 19.0 Å². The van der Waals surface area contributed by atoms with Crippen molar-refractivity contribution in [2.24, 2.45) is 46.3 Å². The van der Waals surface area contributed by atoms with E-state index in [9.17, 15) is 19.2 Å². The molecule has 10 nitrogen and oxygen atoms in total. The van der Waals surface area contributed by atoms with Crippen molar-refractivity contribution < 1.29 is 47.6 Å². The second-order valence-corrected chi connectivity index (χ2v) is 20.6. The van der Waals surface area contributed by atoms with Crippen LogP contribution in [0.2, 0.25) is 0 Å². The minimum absolute atomic E-state index is 0.216. The van der Waals surface area contributed by atoms with Crippen LogP contribution in [0.4, 0.5) is 0 Å². The molecule has 1 aliphatic heterocycles. The molecular formula is C47H76O10S. The van der Waals surface area contributed by atoms with Gasteiger partial charge in [-0.25, -0.2) is 0 Å². The second-order valence-electron chi connectivity index (χ2n) is 19.4. The van der Waals surface area contributed by atoms with Gasteiger partial charge in [0.05, 0.1) is 6.10 Å². The molecule has 0 radical (unpaired) electrons. The third-order valence-corrected chi connectivity index (χ3v) is 16.1. The third-order valence-electron chi connectivity index (χ3n) is 14.9. The molecule has 0 bridgehead atoms. The summed E-state index contributed by atoms with van der Waals surface area (Å²) in [6.07, 6.45) is 17.3. The van der Waals surface area contributed by atoms with Crippen LogP contribution in [-0.2, 0) is 47.6 Å². The Morgan fingerprint density at radius 3 is 2.16 bits per heavy atom. The Labute approximate surface area is 353 Å². The van der Waals surface area contributed by atoms with Crippen LogP contribution in [0.25, 0.3) is 0 Å². The summed E-state index contributed by atoms with van der Waals surface area (Å²) in [5, 5.41) is 0. The molecule has 4 aliphatic carbocycles. The quantitative estimate of drug-likeness (QED) is 0.0535. The van der Waals surface area contributed by atoms with Crippen LogP contribution in [0.15, 0.2) is 11.6 Å². The van der Waals surface area contributed by atoms with Crippen LogP contribution in [-0.4, -0.2) is 78.8 Å². The van der Waals surface area contributed by atoms with Gasteiger partial charge in [-0.1, -0.05) is 78.4 Å². The van der Waals surface area contributed by atoms with Gasteiger partial charge in [-0.15, -0.1) is 11.8 Å². The van der Waals surface area contributed by atoms with Gasteiger partial charge in [0, 0.05) is 34.3 Å². The standard InChI is InChI=1S/C47H76O10S/c1-29(2)15-14-16-30(3)38-19-20-39-37-18-17-35-27-36(21-23-46(35,8)40(37)22-24-47(38,39)9)52-25-12-10-11-13-26-58-45-44(56-34(7)51)43(55-33(6)50)42(54-32(5)49)41(57-45)28-53-31(4)48/h17,29-30,36-45H,10-16,18-28H2,1-9H3/t30-,36+,37?,38-,39?,40?,41-,42-,43+,44-,45+,46+,47-/m1/s1. The lowest BCUT2D eigenvalue weighted by Gasteiger charge is -2.58. The molecule has 0 spiro atoms. The number of carbonyl (C=O) groups excluding carboxylic acids is 4. The van der Waals surface area contributed by atoms with E-state index in [1.54, 1.807) is 5.57 Å². The predicted molar refractivity (Wildman–Crippen MR) is 226 cm³/mol. The van der Waals surface area contributed by atoms with Crippen molar-refractivity contribution in [1.29, 1.82) is 0 Å². The van der Waals surface area contributed by atoms with Crippen LogP contribution >= 0.6 is 11.8 Å². The van der Waals surface area contributed by atoms with Gasteiger partial charge in [0.15, 0.2) is 18.3 Å². The zero-order valence-electron chi connectivity index (χ0n) is 37.2. The fourth-order valence-corrected chi connectivity index (χ4v) is 13.3. The topological polar surface area (TPSA) is 124 Å². The second kappa shape index (κ2) is 21.1. The van der Waals surface area contributed by atoms with Crippen molar-refractivity contribution in [3.8, 4) is 0 Å². The Kier molecular flexibility index (Phi) is 17.1. The number of hydrogen-bond donors (Lipinski definition) is 0. The number of esters is 4. The zero-order valence-corrected chi connectivity index (χ0v) is 38.0. The minimum atomic E-state index is -1.13. The van der Waals surface area contributed by atoms with Crippen molar-refractivity contribution in [2.45, 2.75) is 195 Å². The predicted octanol–water partition coefficient (Wildman–Crippen LogP) is 9.79. The third kappa shape index (κ3) is 11.6. The zero-order chi connectivity index (χ0) is 42.2. The molecule has 0 aromatic rings. The average molecular weight is 833 g/mol. The van der Waals surface area contributed by atoms with E-state index in [1.807, 2.05) is 0 Å². The summed E-state index contributed by atoms with van der Waals surface area (Å²) in [7, 11) is 0. The molecular weight excluding hydrogens is 757 g/mol. The summed E-state index contributed by atoms with van der Waals surface area (Å²) in [6, 6.07) is 0. The Morgan fingerprint density at radius 1 is 0.776 bits per heavy atom. The lowest BCUT2D eigenvalue weighted by atomic mass is 9.47. The maximum atomic E-state index is 12.1. The summed E-state index contributed by atoms with van der Waals surface area (Å²) in [5.74, 6) is 3.44. The minimum Gasteiger partial charge on any atom is -0.463 e. The van der Waals surface area contributed by atoms with E-state index in [0.29, 0.717) is 22.7 Å². The van der Waals surface area contributed by atoms with E-state index >= 15 is 0 Å². The molecule has 0 aromatic carbocycles. The van der Waals surface area contributed by atoms with Crippen molar-refractivity contribution in [1.82, 2.24) is 0 Å². The fourth-order valence-electron chi connectivity index (χ4n) is 12.1. The van der Waals surface area contributed by atoms with Gasteiger partial charge in [-0.2, -0.15) is 0 Å². The number of unbranched alkanes of at least 4 members (excludes halogenated alkanes) is 3. The van der Waals surface area contributed by atoms with E-state index in [1.165, 1.54) is 97.2 Å².